The van der Waals surface area contributed by atoms with Gasteiger partial charge in [0.2, 0.25) is 0 Å². The lowest BCUT2D eigenvalue weighted by molar-refractivity contribution is -0.177. The maximum Gasteiger partial charge on any atom is 0.411 e. The molecular formula is C22H24F3N3O2. The molecule has 4 rings (SSSR count). The third-order valence-electron chi connectivity index (χ3n) is 5.58. The number of hydrogen-bond donors (Lipinski definition) is 0. The van der Waals surface area contributed by atoms with E-state index in [1.54, 1.807) is 10.6 Å². The maximum atomic E-state index is 12.3. The second-order valence-corrected chi connectivity index (χ2v) is 7.72. The molecule has 0 radical (unpaired) electrons. The highest BCUT2D eigenvalue weighted by atomic mass is 19.4. The Labute approximate surface area is 172 Å². The van der Waals surface area contributed by atoms with Gasteiger partial charge in [0.25, 0.3) is 0 Å². The topological polar surface area (TPSA) is 48.7 Å². The average molecular weight is 419 g/mol. The number of fused-ring (bicyclic) bond motifs is 1. The number of hydrogen-bond acceptors (Lipinski definition) is 4. The van der Waals surface area contributed by atoms with Gasteiger partial charge in [-0.1, -0.05) is 30.3 Å². The Kier molecular flexibility index (Phi) is 5.94. The first-order valence-electron chi connectivity index (χ1n) is 10.1. The van der Waals surface area contributed by atoms with Crippen LogP contribution in [0.4, 0.5) is 13.2 Å². The lowest BCUT2D eigenvalue weighted by atomic mass is 9.83. The molecule has 2 aromatic heterocycles. The van der Waals surface area contributed by atoms with Crippen LogP contribution in [0.15, 0.2) is 42.6 Å². The predicted octanol–water partition coefficient (Wildman–Crippen LogP) is 5.22. The summed E-state index contributed by atoms with van der Waals surface area (Å²) in [5.74, 6) is 1.64. The van der Waals surface area contributed by atoms with Crippen LogP contribution >= 0.6 is 0 Å². The summed E-state index contributed by atoms with van der Waals surface area (Å²) >= 11 is 0. The molecule has 160 valence electrons. The van der Waals surface area contributed by atoms with Crippen molar-refractivity contribution in [3.8, 4) is 5.75 Å². The van der Waals surface area contributed by atoms with Crippen molar-refractivity contribution in [2.45, 2.75) is 57.4 Å². The quantitative estimate of drug-likeness (QED) is 0.550. The predicted molar refractivity (Wildman–Crippen MR) is 106 cm³/mol. The normalized spacial score (nSPS) is 19.9. The van der Waals surface area contributed by atoms with Crippen molar-refractivity contribution in [1.82, 2.24) is 14.6 Å². The molecule has 8 heteroatoms. The molecule has 0 aliphatic heterocycles. The SMILES string of the molecule is Cc1c(O[C@H]2CC[C@H](c3ccccc3)CC2)ccn2c(COCC(F)(F)F)nnc12. The molecule has 1 aliphatic carbocycles. The number of benzene rings is 1. The molecule has 3 aromatic rings. The van der Waals surface area contributed by atoms with Gasteiger partial charge in [0.05, 0.1) is 6.10 Å². The van der Waals surface area contributed by atoms with Gasteiger partial charge in [0.1, 0.15) is 19.0 Å². The molecule has 1 fully saturated rings. The summed E-state index contributed by atoms with van der Waals surface area (Å²) in [5, 5.41) is 8.08. The van der Waals surface area contributed by atoms with E-state index in [0.29, 0.717) is 17.4 Å². The van der Waals surface area contributed by atoms with Crippen LogP contribution in [0.5, 0.6) is 5.75 Å². The van der Waals surface area contributed by atoms with Crippen LogP contribution in [-0.2, 0) is 11.3 Å². The molecule has 0 spiro atoms. The summed E-state index contributed by atoms with van der Waals surface area (Å²) in [7, 11) is 0. The lowest BCUT2D eigenvalue weighted by Gasteiger charge is -2.29. The molecule has 2 heterocycles. The van der Waals surface area contributed by atoms with Crippen LogP contribution in [0, 0.1) is 6.92 Å². The van der Waals surface area contributed by atoms with Crippen molar-refractivity contribution >= 4 is 5.65 Å². The molecule has 0 bridgehead atoms. The van der Waals surface area contributed by atoms with E-state index >= 15 is 0 Å². The first-order valence-corrected chi connectivity index (χ1v) is 10.1. The van der Waals surface area contributed by atoms with Gasteiger partial charge in [-0.3, -0.25) is 4.40 Å². The zero-order valence-corrected chi connectivity index (χ0v) is 16.7. The number of aromatic nitrogens is 3. The van der Waals surface area contributed by atoms with Gasteiger partial charge < -0.3 is 9.47 Å². The van der Waals surface area contributed by atoms with E-state index in [4.69, 9.17) is 9.47 Å². The highest BCUT2D eigenvalue weighted by Gasteiger charge is 2.28. The molecule has 0 atom stereocenters. The summed E-state index contributed by atoms with van der Waals surface area (Å²) in [4.78, 5) is 0. The van der Waals surface area contributed by atoms with Crippen molar-refractivity contribution in [2.75, 3.05) is 6.61 Å². The Morgan fingerprint density at radius 2 is 1.77 bits per heavy atom. The third-order valence-corrected chi connectivity index (χ3v) is 5.58. The highest BCUT2D eigenvalue weighted by Crippen LogP contribution is 2.35. The van der Waals surface area contributed by atoms with Crippen molar-refractivity contribution in [1.29, 1.82) is 0 Å². The summed E-state index contributed by atoms with van der Waals surface area (Å²) < 4.78 is 49.4. The van der Waals surface area contributed by atoms with Crippen molar-refractivity contribution in [3.63, 3.8) is 0 Å². The van der Waals surface area contributed by atoms with Crippen LogP contribution in [0.2, 0.25) is 0 Å². The molecule has 1 saturated carbocycles. The van der Waals surface area contributed by atoms with Gasteiger partial charge in [-0.05, 0) is 50.2 Å². The van der Waals surface area contributed by atoms with Crippen LogP contribution in [-0.4, -0.2) is 33.5 Å². The van der Waals surface area contributed by atoms with Gasteiger partial charge in [-0.15, -0.1) is 10.2 Å². The van der Waals surface area contributed by atoms with E-state index < -0.39 is 12.8 Å². The third kappa shape index (κ3) is 4.75. The van der Waals surface area contributed by atoms with Gasteiger partial charge in [-0.2, -0.15) is 13.2 Å². The Morgan fingerprint density at radius 1 is 1.03 bits per heavy atom. The van der Waals surface area contributed by atoms with Crippen LogP contribution < -0.4 is 4.74 Å². The molecule has 0 unspecified atom stereocenters. The van der Waals surface area contributed by atoms with Crippen molar-refractivity contribution in [3.05, 3.63) is 59.5 Å². The summed E-state index contributed by atoms with van der Waals surface area (Å²) in [6, 6.07) is 12.4. The number of aryl methyl sites for hydroxylation is 1. The van der Waals surface area contributed by atoms with Crippen molar-refractivity contribution in [2.24, 2.45) is 0 Å². The van der Waals surface area contributed by atoms with Crippen molar-refractivity contribution < 1.29 is 22.6 Å². The zero-order chi connectivity index (χ0) is 21.1. The minimum atomic E-state index is -4.36. The fourth-order valence-corrected chi connectivity index (χ4v) is 4.02. The molecule has 0 N–H and O–H groups in total. The first kappa shape index (κ1) is 20.7. The Bertz CT molecular complexity index is 980. The van der Waals surface area contributed by atoms with Crippen LogP contribution in [0.3, 0.4) is 0 Å². The molecular weight excluding hydrogens is 395 g/mol. The Morgan fingerprint density at radius 3 is 2.47 bits per heavy atom. The molecule has 5 nitrogen and oxygen atoms in total. The van der Waals surface area contributed by atoms with Gasteiger partial charge >= 0.3 is 6.18 Å². The average Bonchev–Trinajstić information content (AvgIpc) is 3.14. The van der Waals surface area contributed by atoms with E-state index in [0.717, 1.165) is 37.0 Å². The minimum absolute atomic E-state index is 0.142. The highest BCUT2D eigenvalue weighted by molar-refractivity contribution is 5.54. The largest absolute Gasteiger partial charge is 0.490 e. The molecule has 1 aromatic carbocycles. The molecule has 0 saturated heterocycles. The van der Waals surface area contributed by atoms with E-state index in [1.807, 2.05) is 19.1 Å². The van der Waals surface area contributed by atoms with E-state index in [2.05, 4.69) is 34.5 Å². The number of alkyl halides is 3. The first-order chi connectivity index (χ1) is 14.4. The zero-order valence-electron chi connectivity index (χ0n) is 16.7. The lowest BCUT2D eigenvalue weighted by Crippen LogP contribution is -2.23. The Balaban J connectivity index is 1.39. The van der Waals surface area contributed by atoms with E-state index in [9.17, 15) is 13.2 Å². The number of rotatable bonds is 6. The fraction of sp³-hybridized carbons (Fsp3) is 0.455. The Hall–Kier alpha value is -2.61. The number of halogens is 3. The fourth-order valence-electron chi connectivity index (χ4n) is 4.02. The summed E-state index contributed by atoms with van der Waals surface area (Å²) in [5.41, 5.74) is 2.77. The summed E-state index contributed by atoms with van der Waals surface area (Å²) in [6.45, 7) is 0.312. The smallest absolute Gasteiger partial charge is 0.411 e. The van der Waals surface area contributed by atoms with Crippen LogP contribution in [0.1, 0.15) is 48.6 Å². The second kappa shape index (κ2) is 8.63. The van der Waals surface area contributed by atoms with Gasteiger partial charge in [0.15, 0.2) is 11.5 Å². The molecule has 0 amide bonds. The van der Waals surface area contributed by atoms with E-state index in [1.165, 1.54) is 5.56 Å². The molecule has 1 aliphatic rings. The maximum absolute atomic E-state index is 12.3. The second-order valence-electron chi connectivity index (χ2n) is 7.72. The van der Waals surface area contributed by atoms with Gasteiger partial charge in [0, 0.05) is 11.8 Å². The van der Waals surface area contributed by atoms with E-state index in [-0.39, 0.29) is 12.7 Å². The monoisotopic (exact) mass is 419 g/mol. The standard InChI is InChI=1S/C22H24F3N3O2/c1-15-19(30-18-9-7-17(8-10-18)16-5-3-2-4-6-16)11-12-28-20(26-27-21(15)28)13-29-14-22(23,24)25/h2-6,11-12,17-18H,7-10,13-14H2,1H3/t17-,18-. The van der Waals surface area contributed by atoms with Crippen LogP contribution in [0.25, 0.3) is 5.65 Å². The number of pyridine rings is 1. The number of nitrogens with zero attached hydrogens (tertiary/aromatic N) is 3. The molecule has 30 heavy (non-hydrogen) atoms. The number of ether oxygens (including phenoxy) is 2. The summed E-state index contributed by atoms with van der Waals surface area (Å²) in [6.07, 6.45) is 1.63. The minimum Gasteiger partial charge on any atom is -0.490 e. The van der Waals surface area contributed by atoms with Gasteiger partial charge in [-0.25, -0.2) is 0 Å².